The number of fused-ring (bicyclic) bond motifs is 1. The van der Waals surface area contributed by atoms with Gasteiger partial charge in [-0.15, -0.1) is 0 Å². The first-order chi connectivity index (χ1) is 11.1. The van der Waals surface area contributed by atoms with Gasteiger partial charge in [0.1, 0.15) is 19.2 Å². The van der Waals surface area contributed by atoms with Crippen LogP contribution in [0.2, 0.25) is 10.0 Å². The van der Waals surface area contributed by atoms with Crippen molar-refractivity contribution in [3.05, 3.63) is 70.3 Å². The Morgan fingerprint density at radius 3 is 2.70 bits per heavy atom. The molecule has 1 aromatic heterocycles. The van der Waals surface area contributed by atoms with E-state index in [4.69, 9.17) is 23.2 Å². The van der Waals surface area contributed by atoms with Gasteiger partial charge in [-0.25, -0.2) is 0 Å². The molecule has 3 rings (SSSR count). The molecule has 1 atom stereocenters. The highest BCUT2D eigenvalue weighted by atomic mass is 35.5. The third-order valence-electron chi connectivity index (χ3n) is 3.89. The smallest absolute Gasteiger partial charge is 0.121 e. The van der Waals surface area contributed by atoms with Gasteiger partial charge >= 0.3 is 0 Å². The van der Waals surface area contributed by atoms with Gasteiger partial charge < -0.3 is 15.0 Å². The van der Waals surface area contributed by atoms with E-state index in [1.54, 1.807) is 6.07 Å². The molecule has 0 aliphatic carbocycles. The van der Waals surface area contributed by atoms with Gasteiger partial charge in [0, 0.05) is 17.3 Å². The Morgan fingerprint density at radius 2 is 1.87 bits per heavy atom. The van der Waals surface area contributed by atoms with Crippen molar-refractivity contribution in [3.8, 4) is 0 Å². The number of benzene rings is 2. The van der Waals surface area contributed by atoms with Gasteiger partial charge in [-0.1, -0.05) is 47.5 Å². The van der Waals surface area contributed by atoms with Crippen LogP contribution in [0.3, 0.4) is 0 Å². The summed E-state index contributed by atoms with van der Waals surface area (Å²) in [6.45, 7) is 1.98. The molecule has 0 amide bonds. The van der Waals surface area contributed by atoms with Crippen molar-refractivity contribution in [2.75, 3.05) is 6.54 Å². The van der Waals surface area contributed by atoms with Gasteiger partial charge in [-0.2, -0.15) is 0 Å². The number of hydrogen-bond acceptors (Lipinski definition) is 1. The Labute approximate surface area is 145 Å². The highest BCUT2D eigenvalue weighted by molar-refractivity contribution is 6.42. The van der Waals surface area contributed by atoms with Crippen LogP contribution in [0.4, 0.5) is 0 Å². The number of hydrogen-bond donors (Lipinski definition) is 2. The molecule has 0 aliphatic rings. The van der Waals surface area contributed by atoms with E-state index < -0.39 is 6.10 Å². The lowest BCUT2D eigenvalue weighted by Crippen LogP contribution is -2.85. The molecule has 0 spiro atoms. The molecule has 0 aliphatic heterocycles. The average molecular weight is 350 g/mol. The Bertz CT molecular complexity index is 801. The second kappa shape index (κ2) is 7.37. The van der Waals surface area contributed by atoms with Crippen LogP contribution in [0.15, 0.2) is 54.7 Å². The van der Waals surface area contributed by atoms with Crippen LogP contribution >= 0.6 is 23.2 Å². The second-order valence-electron chi connectivity index (χ2n) is 5.66. The molecule has 23 heavy (non-hydrogen) atoms. The Hall–Kier alpha value is -1.52. The molecule has 0 saturated carbocycles. The fourth-order valence-corrected chi connectivity index (χ4v) is 3.03. The highest BCUT2D eigenvalue weighted by Gasteiger charge is 2.10. The molecular weight excluding hydrogens is 331 g/mol. The minimum Gasteiger partial charge on any atom is -0.385 e. The van der Waals surface area contributed by atoms with E-state index in [1.165, 1.54) is 5.39 Å². The highest BCUT2D eigenvalue weighted by Crippen LogP contribution is 2.22. The van der Waals surface area contributed by atoms with E-state index in [0.29, 0.717) is 23.1 Å². The van der Waals surface area contributed by atoms with Gasteiger partial charge in [0.2, 0.25) is 0 Å². The topological polar surface area (TPSA) is 41.8 Å². The van der Waals surface area contributed by atoms with Gasteiger partial charge in [0.05, 0.1) is 16.6 Å². The first-order valence-corrected chi connectivity index (χ1v) is 8.36. The zero-order valence-corrected chi connectivity index (χ0v) is 14.1. The quantitative estimate of drug-likeness (QED) is 0.705. The van der Waals surface area contributed by atoms with Crippen molar-refractivity contribution < 1.29 is 10.4 Å². The van der Waals surface area contributed by atoms with Gasteiger partial charge in [0.15, 0.2) is 0 Å². The maximum absolute atomic E-state index is 10.3. The maximum Gasteiger partial charge on any atom is 0.121 e. The summed E-state index contributed by atoms with van der Waals surface area (Å²) >= 11 is 11.9. The van der Waals surface area contributed by atoms with E-state index in [2.05, 4.69) is 28.1 Å². The summed E-state index contributed by atoms with van der Waals surface area (Å²) in [4.78, 5) is 0. The molecule has 0 fully saturated rings. The fraction of sp³-hybridized carbons (Fsp3) is 0.222. The molecule has 3 N–H and O–H groups in total. The molecule has 1 heterocycles. The molecule has 5 heteroatoms. The van der Waals surface area contributed by atoms with Crippen LogP contribution in [0.1, 0.15) is 5.56 Å². The zero-order valence-electron chi connectivity index (χ0n) is 12.6. The molecule has 2 aromatic carbocycles. The molecule has 0 bridgehead atoms. The average Bonchev–Trinajstić information content (AvgIpc) is 2.94. The first kappa shape index (κ1) is 16.3. The summed E-state index contributed by atoms with van der Waals surface area (Å²) in [5.74, 6) is 0. The normalized spacial score (nSPS) is 12.7. The van der Waals surface area contributed by atoms with Crippen molar-refractivity contribution >= 4 is 34.1 Å². The van der Waals surface area contributed by atoms with Crippen LogP contribution < -0.4 is 5.32 Å². The largest absolute Gasteiger partial charge is 0.385 e. The Kier molecular flexibility index (Phi) is 5.23. The number of halogens is 2. The van der Waals surface area contributed by atoms with Crippen molar-refractivity contribution in [2.24, 2.45) is 0 Å². The number of nitrogens with two attached hydrogens (primary N) is 1. The number of aromatic nitrogens is 1. The van der Waals surface area contributed by atoms with Crippen LogP contribution in [0.25, 0.3) is 10.9 Å². The third-order valence-corrected chi connectivity index (χ3v) is 4.63. The molecule has 0 unspecified atom stereocenters. The summed E-state index contributed by atoms with van der Waals surface area (Å²) in [6.07, 6.45) is 1.61. The summed E-state index contributed by atoms with van der Waals surface area (Å²) in [7, 11) is 0. The van der Waals surface area contributed by atoms with Crippen LogP contribution in [-0.4, -0.2) is 22.3 Å². The van der Waals surface area contributed by atoms with E-state index in [1.807, 2.05) is 30.5 Å². The standard InChI is InChI=1S/C18H18Cl2N2O/c19-16-6-5-13(9-17(16)20)10-21-11-15(23)12-22-8-7-14-3-1-2-4-18(14)22/h1-9,15,21,23H,10-12H2/p+1/t15-/m1/s1. The molecular formula is C18H19Cl2N2O+. The maximum atomic E-state index is 10.3. The monoisotopic (exact) mass is 349 g/mol. The van der Waals surface area contributed by atoms with Crippen LogP contribution in [0, 0.1) is 0 Å². The number of aliphatic hydroxyl groups is 1. The zero-order chi connectivity index (χ0) is 16.2. The molecule has 0 radical (unpaired) electrons. The second-order valence-corrected chi connectivity index (χ2v) is 6.47. The first-order valence-electron chi connectivity index (χ1n) is 7.61. The van der Waals surface area contributed by atoms with Crippen LogP contribution in [-0.2, 0) is 13.1 Å². The summed E-state index contributed by atoms with van der Waals surface area (Å²) < 4.78 is 2.09. The number of para-hydroxylation sites is 1. The number of aliphatic hydroxyl groups excluding tert-OH is 1. The Balaban J connectivity index is 1.53. The minimum atomic E-state index is -0.409. The van der Waals surface area contributed by atoms with E-state index in [9.17, 15) is 5.11 Å². The van der Waals surface area contributed by atoms with Crippen molar-refractivity contribution in [1.82, 2.24) is 4.57 Å². The van der Waals surface area contributed by atoms with Crippen molar-refractivity contribution in [2.45, 2.75) is 19.2 Å². The number of quaternary nitrogens is 1. The van der Waals surface area contributed by atoms with Gasteiger partial charge in [-0.3, -0.25) is 0 Å². The van der Waals surface area contributed by atoms with Gasteiger partial charge in [-0.05, 0) is 29.7 Å². The molecule has 120 valence electrons. The van der Waals surface area contributed by atoms with Crippen LogP contribution in [0.5, 0.6) is 0 Å². The van der Waals surface area contributed by atoms with Gasteiger partial charge in [0.25, 0.3) is 0 Å². The summed E-state index contributed by atoms with van der Waals surface area (Å²) in [5.41, 5.74) is 2.24. The lowest BCUT2D eigenvalue weighted by atomic mass is 10.2. The predicted molar refractivity (Wildman–Crippen MR) is 94.9 cm³/mol. The van der Waals surface area contributed by atoms with Crippen molar-refractivity contribution in [3.63, 3.8) is 0 Å². The molecule has 3 aromatic rings. The fourth-order valence-electron chi connectivity index (χ4n) is 2.71. The predicted octanol–water partition coefficient (Wildman–Crippen LogP) is 3.07. The van der Waals surface area contributed by atoms with E-state index in [-0.39, 0.29) is 0 Å². The molecule has 3 nitrogen and oxygen atoms in total. The summed E-state index contributed by atoms with van der Waals surface area (Å²) in [5, 5.41) is 14.7. The number of nitrogens with zero attached hydrogens (tertiary/aromatic N) is 1. The number of rotatable bonds is 6. The lowest BCUT2D eigenvalue weighted by Gasteiger charge is -2.12. The lowest BCUT2D eigenvalue weighted by molar-refractivity contribution is -0.676. The SMILES string of the molecule is O[C@H](C[NH2+]Cc1ccc(Cl)c(Cl)c1)Cn1ccc2ccccc21. The molecule has 0 saturated heterocycles. The van der Waals surface area contributed by atoms with E-state index >= 15 is 0 Å². The third kappa shape index (κ3) is 4.06. The van der Waals surface area contributed by atoms with Crippen molar-refractivity contribution in [1.29, 1.82) is 0 Å². The Morgan fingerprint density at radius 1 is 1.04 bits per heavy atom. The minimum absolute atomic E-state index is 0.409. The summed E-state index contributed by atoms with van der Waals surface area (Å²) in [6, 6.07) is 15.9. The van der Waals surface area contributed by atoms with E-state index in [0.717, 1.165) is 17.6 Å².